The molecule has 3 rings (SSSR count). The lowest BCUT2D eigenvalue weighted by molar-refractivity contribution is -0.142. The first kappa shape index (κ1) is 23.6. The molecular weight excluding hydrogens is 424 g/mol. The van der Waals surface area contributed by atoms with Gasteiger partial charge in [0.15, 0.2) is 18.1 Å². The molecule has 33 heavy (non-hydrogen) atoms. The Bertz CT molecular complexity index is 1150. The molecule has 0 atom stereocenters. The normalized spacial score (nSPS) is 10.8. The number of Topliss-reactive ketones (excluding diaryl/α,β-unsaturated/α-hetero) is 1. The number of fused-ring (bicyclic) bond motifs is 1. The standard InChI is InChI=1S/C24H26N4O5/c1-15(2)13-21(30)26-17-9-7-16(8-10-17)20(29)14-33-22(31)11-12-25-24(32)23-18-5-3-4-6-19(18)27-28-23/h3-10,15H,11-14H2,1-2H3,(H,25,32)(H,26,30)(H,27,28). The third-order valence-corrected chi connectivity index (χ3v) is 4.75. The van der Waals surface area contributed by atoms with Gasteiger partial charge in [0.2, 0.25) is 5.91 Å². The number of anilines is 1. The summed E-state index contributed by atoms with van der Waals surface area (Å²) < 4.78 is 5.01. The van der Waals surface area contributed by atoms with Gasteiger partial charge in [-0.3, -0.25) is 24.3 Å². The molecule has 0 spiro atoms. The number of ketones is 1. The zero-order chi connectivity index (χ0) is 23.8. The lowest BCUT2D eigenvalue weighted by atomic mass is 10.1. The van der Waals surface area contributed by atoms with Crippen molar-refractivity contribution in [1.29, 1.82) is 0 Å². The molecule has 1 aromatic heterocycles. The van der Waals surface area contributed by atoms with Gasteiger partial charge in [-0.15, -0.1) is 0 Å². The zero-order valence-corrected chi connectivity index (χ0v) is 18.5. The molecule has 0 fully saturated rings. The summed E-state index contributed by atoms with van der Waals surface area (Å²) in [4.78, 5) is 48.3. The Morgan fingerprint density at radius 3 is 2.48 bits per heavy atom. The fourth-order valence-electron chi connectivity index (χ4n) is 3.12. The number of hydrogen-bond donors (Lipinski definition) is 3. The second kappa shape index (κ2) is 11.0. The summed E-state index contributed by atoms with van der Waals surface area (Å²) >= 11 is 0. The minimum absolute atomic E-state index is 0.0534. The van der Waals surface area contributed by atoms with E-state index in [4.69, 9.17) is 4.74 Å². The van der Waals surface area contributed by atoms with E-state index in [-0.39, 0.29) is 36.3 Å². The third-order valence-electron chi connectivity index (χ3n) is 4.75. The molecule has 0 aliphatic rings. The van der Waals surface area contributed by atoms with Crippen molar-refractivity contribution in [1.82, 2.24) is 15.5 Å². The van der Waals surface area contributed by atoms with Crippen LogP contribution in [0.25, 0.3) is 10.9 Å². The Hall–Kier alpha value is -4.01. The van der Waals surface area contributed by atoms with Crippen molar-refractivity contribution in [3.8, 4) is 0 Å². The first-order chi connectivity index (χ1) is 15.8. The van der Waals surface area contributed by atoms with Gasteiger partial charge in [0.25, 0.3) is 5.91 Å². The van der Waals surface area contributed by atoms with Crippen LogP contribution < -0.4 is 10.6 Å². The maximum Gasteiger partial charge on any atom is 0.308 e. The molecule has 2 aromatic carbocycles. The van der Waals surface area contributed by atoms with Crippen molar-refractivity contribution >= 4 is 40.2 Å². The number of hydrogen-bond acceptors (Lipinski definition) is 6. The Labute approximate surface area is 190 Å². The molecule has 0 aliphatic carbocycles. The van der Waals surface area contributed by atoms with E-state index in [0.717, 1.165) is 5.52 Å². The Balaban J connectivity index is 1.40. The summed E-state index contributed by atoms with van der Waals surface area (Å²) in [6, 6.07) is 13.6. The smallest absolute Gasteiger partial charge is 0.308 e. The minimum atomic E-state index is -0.604. The van der Waals surface area contributed by atoms with Crippen molar-refractivity contribution in [2.45, 2.75) is 26.7 Å². The van der Waals surface area contributed by atoms with Crippen molar-refractivity contribution in [3.63, 3.8) is 0 Å². The fraction of sp³-hybridized carbons (Fsp3) is 0.292. The van der Waals surface area contributed by atoms with E-state index in [1.807, 2.05) is 26.0 Å². The summed E-state index contributed by atoms with van der Waals surface area (Å²) in [6.45, 7) is 3.56. The molecule has 0 bridgehead atoms. The van der Waals surface area contributed by atoms with E-state index in [2.05, 4.69) is 20.8 Å². The van der Waals surface area contributed by atoms with Crippen LogP contribution in [0.2, 0.25) is 0 Å². The number of H-pyrrole nitrogens is 1. The van der Waals surface area contributed by atoms with Gasteiger partial charge in [-0.05, 0) is 36.2 Å². The van der Waals surface area contributed by atoms with Crippen LogP contribution in [-0.2, 0) is 14.3 Å². The SMILES string of the molecule is CC(C)CC(=O)Nc1ccc(C(=O)COC(=O)CCNC(=O)c2n[nH]c3ccccc23)cc1. The summed E-state index contributed by atoms with van der Waals surface area (Å²) in [5.74, 6) is -1.22. The summed E-state index contributed by atoms with van der Waals surface area (Å²) in [5, 5.41) is 12.8. The molecule has 0 unspecified atom stereocenters. The number of carbonyl (C=O) groups is 4. The number of rotatable bonds is 10. The van der Waals surface area contributed by atoms with E-state index in [0.29, 0.717) is 23.1 Å². The maximum atomic E-state index is 12.3. The average Bonchev–Trinajstić information content (AvgIpc) is 3.21. The Kier molecular flexibility index (Phi) is 7.91. The molecule has 3 aromatic rings. The van der Waals surface area contributed by atoms with Crippen LogP contribution in [0.15, 0.2) is 48.5 Å². The molecule has 3 N–H and O–H groups in total. The predicted octanol–water partition coefficient (Wildman–Crippen LogP) is 3.09. The van der Waals surface area contributed by atoms with Crippen molar-refractivity contribution in [2.24, 2.45) is 5.92 Å². The van der Waals surface area contributed by atoms with Crippen LogP contribution >= 0.6 is 0 Å². The number of aromatic amines is 1. The van der Waals surface area contributed by atoms with E-state index in [9.17, 15) is 19.2 Å². The molecular formula is C24H26N4O5. The monoisotopic (exact) mass is 450 g/mol. The van der Waals surface area contributed by atoms with Gasteiger partial charge >= 0.3 is 5.97 Å². The predicted molar refractivity (Wildman–Crippen MR) is 123 cm³/mol. The number of benzene rings is 2. The van der Waals surface area contributed by atoms with E-state index < -0.39 is 18.5 Å². The van der Waals surface area contributed by atoms with E-state index in [1.54, 1.807) is 36.4 Å². The number of carbonyl (C=O) groups excluding carboxylic acids is 4. The number of para-hydroxylation sites is 1. The van der Waals surface area contributed by atoms with Crippen LogP contribution in [-0.4, -0.2) is 46.9 Å². The number of esters is 1. The second-order valence-corrected chi connectivity index (χ2v) is 7.93. The first-order valence-electron chi connectivity index (χ1n) is 10.6. The van der Waals surface area contributed by atoms with Gasteiger partial charge in [0.05, 0.1) is 11.9 Å². The van der Waals surface area contributed by atoms with Gasteiger partial charge in [-0.25, -0.2) is 0 Å². The molecule has 9 nitrogen and oxygen atoms in total. The van der Waals surface area contributed by atoms with E-state index >= 15 is 0 Å². The van der Waals surface area contributed by atoms with Crippen molar-refractivity contribution in [2.75, 3.05) is 18.5 Å². The highest BCUT2D eigenvalue weighted by molar-refractivity contribution is 6.04. The van der Waals surface area contributed by atoms with Crippen LogP contribution in [0.1, 0.15) is 47.5 Å². The topological polar surface area (TPSA) is 130 Å². The van der Waals surface area contributed by atoms with E-state index in [1.165, 1.54) is 0 Å². The molecule has 0 aliphatic heterocycles. The maximum absolute atomic E-state index is 12.3. The highest BCUT2D eigenvalue weighted by Crippen LogP contribution is 2.15. The Morgan fingerprint density at radius 1 is 1.03 bits per heavy atom. The fourth-order valence-corrected chi connectivity index (χ4v) is 3.12. The van der Waals surface area contributed by atoms with Crippen molar-refractivity contribution < 1.29 is 23.9 Å². The molecule has 0 saturated heterocycles. The lowest BCUT2D eigenvalue weighted by Crippen LogP contribution is -2.27. The molecule has 0 saturated carbocycles. The largest absolute Gasteiger partial charge is 0.457 e. The average molecular weight is 450 g/mol. The lowest BCUT2D eigenvalue weighted by Gasteiger charge is -2.08. The van der Waals surface area contributed by atoms with Crippen LogP contribution in [0.4, 0.5) is 5.69 Å². The van der Waals surface area contributed by atoms with Crippen LogP contribution in [0.3, 0.4) is 0 Å². The summed E-state index contributed by atoms with van der Waals surface area (Å²) in [5.41, 5.74) is 1.95. The number of aromatic nitrogens is 2. The van der Waals surface area contributed by atoms with Gasteiger partial charge in [0.1, 0.15) is 0 Å². The van der Waals surface area contributed by atoms with Gasteiger partial charge in [-0.1, -0.05) is 32.0 Å². The number of nitrogens with one attached hydrogen (secondary N) is 3. The molecule has 2 amide bonds. The number of nitrogens with zero attached hydrogens (tertiary/aromatic N) is 1. The summed E-state index contributed by atoms with van der Waals surface area (Å²) in [6.07, 6.45) is 0.331. The Morgan fingerprint density at radius 2 is 1.76 bits per heavy atom. The molecule has 172 valence electrons. The first-order valence-corrected chi connectivity index (χ1v) is 10.6. The molecule has 1 heterocycles. The van der Waals surface area contributed by atoms with Gasteiger partial charge < -0.3 is 15.4 Å². The quantitative estimate of drug-likeness (QED) is 0.321. The highest BCUT2D eigenvalue weighted by atomic mass is 16.5. The van der Waals surface area contributed by atoms with Gasteiger partial charge in [-0.2, -0.15) is 5.10 Å². The van der Waals surface area contributed by atoms with Crippen molar-refractivity contribution in [3.05, 3.63) is 59.8 Å². The summed E-state index contributed by atoms with van der Waals surface area (Å²) in [7, 11) is 0. The molecule has 9 heteroatoms. The number of amides is 2. The highest BCUT2D eigenvalue weighted by Gasteiger charge is 2.15. The second-order valence-electron chi connectivity index (χ2n) is 7.93. The van der Waals surface area contributed by atoms with Crippen LogP contribution in [0.5, 0.6) is 0 Å². The minimum Gasteiger partial charge on any atom is -0.457 e. The van der Waals surface area contributed by atoms with Crippen LogP contribution in [0, 0.1) is 5.92 Å². The number of ether oxygens (including phenoxy) is 1. The van der Waals surface area contributed by atoms with Gasteiger partial charge in [0, 0.05) is 29.6 Å². The zero-order valence-electron chi connectivity index (χ0n) is 18.5. The third kappa shape index (κ3) is 6.73. The molecule has 0 radical (unpaired) electrons.